The van der Waals surface area contributed by atoms with Crippen molar-refractivity contribution in [2.45, 2.75) is 19.5 Å². The molecule has 34 heavy (non-hydrogen) atoms. The lowest BCUT2D eigenvalue weighted by atomic mass is 10.1. The topological polar surface area (TPSA) is 50.6 Å². The fourth-order valence-corrected chi connectivity index (χ4v) is 4.68. The van der Waals surface area contributed by atoms with Crippen molar-refractivity contribution in [1.29, 1.82) is 0 Å². The van der Waals surface area contributed by atoms with Crippen LogP contribution in [-0.2, 0) is 24.3 Å². The predicted molar refractivity (Wildman–Crippen MR) is 141 cm³/mol. The van der Waals surface area contributed by atoms with Crippen LogP contribution in [-0.4, -0.2) is 31.7 Å². The average Bonchev–Trinajstić information content (AvgIpc) is 3.17. The third-order valence-corrected chi connectivity index (χ3v) is 6.46. The summed E-state index contributed by atoms with van der Waals surface area (Å²) >= 11 is 2.21. The highest BCUT2D eigenvalue weighted by molar-refractivity contribution is 14.1. The van der Waals surface area contributed by atoms with Crippen molar-refractivity contribution >= 4 is 34.5 Å². The van der Waals surface area contributed by atoms with Crippen LogP contribution in [0.15, 0.2) is 91.4 Å². The molecule has 3 aromatic carbocycles. The second-order valence-electron chi connectivity index (χ2n) is 8.27. The first-order valence-corrected chi connectivity index (χ1v) is 12.2. The van der Waals surface area contributed by atoms with Crippen LogP contribution in [0, 0.1) is 0 Å². The van der Waals surface area contributed by atoms with Crippen molar-refractivity contribution in [3.05, 3.63) is 108 Å². The summed E-state index contributed by atoms with van der Waals surface area (Å²) in [6, 6.07) is 25.8. The molecule has 1 aromatic heterocycles. The second kappa shape index (κ2) is 10.3. The van der Waals surface area contributed by atoms with E-state index in [1.807, 2.05) is 80.9 Å². The Morgan fingerprint density at radius 1 is 0.941 bits per heavy atom. The summed E-state index contributed by atoms with van der Waals surface area (Å²) in [5, 5.41) is 0. The summed E-state index contributed by atoms with van der Waals surface area (Å²) in [6.07, 6.45) is 4.13. The summed E-state index contributed by atoms with van der Waals surface area (Å²) in [6.45, 7) is 2.70. The van der Waals surface area contributed by atoms with E-state index >= 15 is 0 Å². The normalized spacial score (nSPS) is 13.3. The number of nitrogens with zero attached hydrogens (tertiary/aromatic N) is 4. The van der Waals surface area contributed by atoms with Gasteiger partial charge in [0, 0.05) is 37.1 Å². The molecule has 0 atom stereocenters. The number of amides is 1. The number of anilines is 1. The van der Waals surface area contributed by atoms with E-state index in [1.165, 1.54) is 0 Å². The maximum Gasteiger partial charge on any atom is 0.227 e. The Bertz CT molecular complexity index is 1270. The van der Waals surface area contributed by atoms with Gasteiger partial charge in [-0.3, -0.25) is 7.58 Å². The lowest BCUT2D eigenvalue weighted by Gasteiger charge is -2.24. The summed E-state index contributed by atoms with van der Waals surface area (Å²) in [4.78, 5) is 22.2. The van der Waals surface area contributed by atoms with Gasteiger partial charge in [-0.05, 0) is 29.8 Å². The van der Waals surface area contributed by atoms with Crippen LogP contribution in [0.3, 0.4) is 0 Å². The van der Waals surface area contributed by atoms with Crippen LogP contribution in [0.2, 0.25) is 0 Å². The molecule has 0 radical (unpaired) electrons. The molecule has 0 saturated heterocycles. The predicted octanol–water partition coefficient (Wildman–Crippen LogP) is 5.47. The van der Waals surface area contributed by atoms with Crippen LogP contribution >= 0.6 is 22.9 Å². The van der Waals surface area contributed by atoms with E-state index in [9.17, 15) is 4.79 Å². The van der Waals surface area contributed by atoms with E-state index < -0.39 is 0 Å². The summed E-state index contributed by atoms with van der Waals surface area (Å²) in [5.41, 5.74) is 4.21. The highest BCUT2D eigenvalue weighted by Crippen LogP contribution is 2.29. The number of rotatable bonds is 6. The maximum atomic E-state index is 13.4. The first-order chi connectivity index (χ1) is 16.7. The minimum Gasteiger partial charge on any atom is -0.457 e. The zero-order valence-electron chi connectivity index (χ0n) is 18.7. The fraction of sp³-hybridized carbons (Fsp3) is 0.185. The molecule has 0 fully saturated rings. The van der Waals surface area contributed by atoms with Gasteiger partial charge in [-0.2, -0.15) is 0 Å². The average molecular weight is 564 g/mol. The molecule has 1 aliphatic rings. The van der Waals surface area contributed by atoms with Gasteiger partial charge >= 0.3 is 0 Å². The molecule has 4 aromatic rings. The van der Waals surface area contributed by atoms with Crippen LogP contribution in [0.1, 0.15) is 16.8 Å². The third kappa shape index (κ3) is 5.25. The van der Waals surface area contributed by atoms with Gasteiger partial charge in [0.2, 0.25) is 5.91 Å². The monoisotopic (exact) mass is 564 g/mol. The molecule has 7 heteroatoms. The molecule has 0 spiro atoms. The molecule has 5 rings (SSSR count). The third-order valence-electron chi connectivity index (χ3n) is 5.93. The Morgan fingerprint density at radius 3 is 2.53 bits per heavy atom. The van der Waals surface area contributed by atoms with Gasteiger partial charge in [0.15, 0.2) is 0 Å². The van der Waals surface area contributed by atoms with Crippen molar-refractivity contribution in [2.75, 3.05) is 18.0 Å². The molecule has 0 N–H and O–H groups in total. The fourth-order valence-electron chi connectivity index (χ4n) is 4.23. The summed E-state index contributed by atoms with van der Waals surface area (Å²) in [7, 11) is 0. The molecule has 6 nitrogen and oxygen atoms in total. The Kier molecular flexibility index (Phi) is 6.80. The Morgan fingerprint density at radius 2 is 1.71 bits per heavy atom. The molecular formula is C27H25IN4O2. The molecule has 0 aliphatic carbocycles. The number of imidazole rings is 1. The number of fused-ring (bicyclic) bond motifs is 1. The van der Waals surface area contributed by atoms with Crippen LogP contribution < -0.4 is 9.64 Å². The smallest absolute Gasteiger partial charge is 0.227 e. The highest BCUT2D eigenvalue weighted by atomic mass is 127. The zero-order chi connectivity index (χ0) is 23.3. The molecule has 172 valence electrons. The van der Waals surface area contributed by atoms with Crippen LogP contribution in [0.5, 0.6) is 11.5 Å². The van der Waals surface area contributed by atoms with E-state index in [0.29, 0.717) is 31.8 Å². The lowest BCUT2D eigenvalue weighted by Crippen LogP contribution is -2.36. The van der Waals surface area contributed by atoms with Gasteiger partial charge in [0.25, 0.3) is 0 Å². The standard InChI is InChI=1S/C27H25IN4O2/c28-32-19-23(29-20-32)18-30-14-15-31(17-22-9-4-6-12-25(22)30)27(33)16-21-8-5-7-13-26(21)34-24-10-2-1-3-11-24/h1-13,19-20H,14-18H2. The molecule has 1 aliphatic heterocycles. The first kappa shape index (κ1) is 22.5. The van der Waals surface area contributed by atoms with Crippen molar-refractivity contribution in [1.82, 2.24) is 12.7 Å². The Hall–Kier alpha value is -3.33. The molecule has 1 amide bonds. The Labute approximate surface area is 213 Å². The number of para-hydroxylation sites is 3. The van der Waals surface area contributed by atoms with Crippen molar-refractivity contribution in [3.63, 3.8) is 0 Å². The van der Waals surface area contributed by atoms with Gasteiger partial charge in [-0.1, -0.05) is 54.6 Å². The molecule has 2 heterocycles. The molecule has 0 saturated carbocycles. The van der Waals surface area contributed by atoms with Gasteiger partial charge in [-0.25, -0.2) is 4.98 Å². The summed E-state index contributed by atoms with van der Waals surface area (Å²) in [5.74, 6) is 1.57. The minimum atomic E-state index is 0.0947. The van der Waals surface area contributed by atoms with E-state index in [0.717, 1.165) is 34.8 Å². The minimum absolute atomic E-state index is 0.0947. The number of carbonyl (C=O) groups is 1. The maximum absolute atomic E-state index is 13.4. The van der Waals surface area contributed by atoms with Gasteiger partial charge in [-0.15, -0.1) is 0 Å². The first-order valence-electron chi connectivity index (χ1n) is 11.3. The quantitative estimate of drug-likeness (QED) is 0.292. The largest absolute Gasteiger partial charge is 0.457 e. The summed E-state index contributed by atoms with van der Waals surface area (Å²) < 4.78 is 8.01. The number of benzene rings is 3. The lowest BCUT2D eigenvalue weighted by molar-refractivity contribution is -0.130. The van der Waals surface area contributed by atoms with E-state index in [4.69, 9.17) is 4.74 Å². The molecular weight excluding hydrogens is 539 g/mol. The zero-order valence-corrected chi connectivity index (χ0v) is 20.8. The van der Waals surface area contributed by atoms with Gasteiger partial charge in [0.1, 0.15) is 17.8 Å². The number of hydrogen-bond donors (Lipinski definition) is 0. The molecule has 0 bridgehead atoms. The number of hydrogen-bond acceptors (Lipinski definition) is 4. The number of carbonyl (C=O) groups excluding carboxylic acids is 1. The molecule has 0 unspecified atom stereocenters. The second-order valence-corrected chi connectivity index (χ2v) is 9.39. The number of halogens is 1. The van der Waals surface area contributed by atoms with Gasteiger partial charge < -0.3 is 14.5 Å². The van der Waals surface area contributed by atoms with Crippen LogP contribution in [0.25, 0.3) is 0 Å². The van der Waals surface area contributed by atoms with Gasteiger partial charge in [0.05, 0.1) is 41.5 Å². The van der Waals surface area contributed by atoms with E-state index in [2.05, 4.69) is 50.9 Å². The van der Waals surface area contributed by atoms with Crippen molar-refractivity contribution in [2.24, 2.45) is 0 Å². The van der Waals surface area contributed by atoms with Crippen molar-refractivity contribution in [3.8, 4) is 11.5 Å². The van der Waals surface area contributed by atoms with Crippen molar-refractivity contribution < 1.29 is 9.53 Å². The number of aromatic nitrogens is 2. The van der Waals surface area contributed by atoms with E-state index in [1.54, 1.807) is 0 Å². The number of ether oxygens (including phenoxy) is 1. The highest BCUT2D eigenvalue weighted by Gasteiger charge is 2.24. The Balaban J connectivity index is 1.33. The SMILES string of the molecule is O=C(Cc1ccccc1Oc1ccccc1)N1CCN(Cc2cn(I)cn2)c2ccccc2C1. The van der Waals surface area contributed by atoms with Crippen LogP contribution in [0.4, 0.5) is 5.69 Å². The van der Waals surface area contributed by atoms with E-state index in [-0.39, 0.29) is 5.91 Å².